The number of cyclic esters (lactones) is 1. The predicted octanol–water partition coefficient (Wildman–Crippen LogP) is 3.37. The van der Waals surface area contributed by atoms with Crippen LogP contribution in [0.25, 0.3) is 0 Å². The first-order valence-corrected chi connectivity index (χ1v) is 10.3. The van der Waals surface area contributed by atoms with Crippen molar-refractivity contribution in [2.75, 3.05) is 0 Å². The van der Waals surface area contributed by atoms with Gasteiger partial charge in [-0.25, -0.2) is 4.79 Å². The van der Waals surface area contributed by atoms with Crippen LogP contribution in [0.4, 0.5) is 0 Å². The van der Waals surface area contributed by atoms with Crippen LogP contribution in [0.15, 0.2) is 47.4 Å². The summed E-state index contributed by atoms with van der Waals surface area (Å²) in [7, 11) is -3.85. The van der Waals surface area contributed by atoms with Gasteiger partial charge in [-0.2, -0.15) is 8.42 Å². The quantitative estimate of drug-likeness (QED) is 0.577. The molecular formula is C20H20O6S. The molecule has 1 aliphatic heterocycles. The number of esters is 1. The van der Waals surface area contributed by atoms with Crippen molar-refractivity contribution in [2.24, 2.45) is 0 Å². The predicted molar refractivity (Wildman–Crippen MR) is 97.1 cm³/mol. The summed E-state index contributed by atoms with van der Waals surface area (Å²) in [5, 5.41) is 0. The lowest BCUT2D eigenvalue weighted by Gasteiger charge is -2.21. The van der Waals surface area contributed by atoms with E-state index in [-0.39, 0.29) is 23.6 Å². The molecule has 1 saturated carbocycles. The van der Waals surface area contributed by atoms with E-state index in [0.29, 0.717) is 24.2 Å². The van der Waals surface area contributed by atoms with E-state index >= 15 is 0 Å². The van der Waals surface area contributed by atoms with Crippen LogP contribution in [0.5, 0.6) is 5.75 Å². The topological polar surface area (TPSA) is 78.9 Å². The second kappa shape index (κ2) is 6.98. The number of carbonyl (C=O) groups excluding carboxylic acids is 1. The molecule has 0 radical (unpaired) electrons. The highest BCUT2D eigenvalue weighted by Gasteiger charge is 2.35. The summed E-state index contributed by atoms with van der Waals surface area (Å²) in [5.41, 5.74) is 2.30. The lowest BCUT2D eigenvalue weighted by Crippen LogP contribution is -2.31. The highest BCUT2D eigenvalue weighted by Crippen LogP contribution is 2.31. The molecule has 2 aromatic carbocycles. The third kappa shape index (κ3) is 3.70. The maximum Gasteiger partial charge on any atom is 0.338 e. The van der Waals surface area contributed by atoms with Gasteiger partial charge < -0.3 is 9.47 Å². The summed E-state index contributed by atoms with van der Waals surface area (Å²) < 4.78 is 41.6. The first-order chi connectivity index (χ1) is 12.9. The number of fused-ring (bicyclic) bond motifs is 1. The third-order valence-corrected chi connectivity index (χ3v) is 6.24. The molecule has 0 bridgehead atoms. The van der Waals surface area contributed by atoms with E-state index in [4.69, 9.17) is 13.7 Å². The molecule has 27 heavy (non-hydrogen) atoms. The van der Waals surface area contributed by atoms with E-state index in [1.165, 1.54) is 0 Å². The molecule has 4 rings (SSSR count). The number of hydrogen-bond donors (Lipinski definition) is 0. The number of aryl methyl sites for hydroxylation is 1. The Morgan fingerprint density at radius 1 is 1.04 bits per heavy atom. The fourth-order valence-corrected chi connectivity index (χ4v) is 4.54. The van der Waals surface area contributed by atoms with Gasteiger partial charge in [0.2, 0.25) is 0 Å². The van der Waals surface area contributed by atoms with Crippen molar-refractivity contribution in [1.82, 2.24) is 0 Å². The highest BCUT2D eigenvalue weighted by atomic mass is 32.2. The van der Waals surface area contributed by atoms with Crippen LogP contribution in [0.1, 0.15) is 40.7 Å². The summed E-state index contributed by atoms with van der Waals surface area (Å²) in [6.07, 6.45) is 1.25. The van der Waals surface area contributed by atoms with E-state index in [0.717, 1.165) is 17.5 Å². The zero-order valence-electron chi connectivity index (χ0n) is 14.9. The van der Waals surface area contributed by atoms with Crippen molar-refractivity contribution in [1.29, 1.82) is 0 Å². The first kappa shape index (κ1) is 18.0. The molecule has 2 aliphatic rings. The fourth-order valence-electron chi connectivity index (χ4n) is 3.42. The van der Waals surface area contributed by atoms with Crippen molar-refractivity contribution in [2.45, 2.75) is 49.9 Å². The van der Waals surface area contributed by atoms with Gasteiger partial charge in [0.1, 0.15) is 24.6 Å². The van der Waals surface area contributed by atoms with Crippen molar-refractivity contribution in [3.05, 3.63) is 59.2 Å². The van der Waals surface area contributed by atoms with Crippen LogP contribution < -0.4 is 4.74 Å². The minimum absolute atomic E-state index is 0.145. The zero-order chi connectivity index (χ0) is 19.0. The Kier molecular flexibility index (Phi) is 4.65. The Balaban J connectivity index is 1.48. The molecule has 0 amide bonds. The molecule has 2 atom stereocenters. The van der Waals surface area contributed by atoms with E-state index in [1.807, 2.05) is 6.92 Å². The molecular weight excluding hydrogens is 368 g/mol. The summed E-state index contributed by atoms with van der Waals surface area (Å²) in [4.78, 5) is 11.7. The van der Waals surface area contributed by atoms with Crippen LogP contribution in [0, 0.1) is 6.92 Å². The second-order valence-corrected chi connectivity index (χ2v) is 8.46. The molecule has 2 aromatic rings. The Hall–Kier alpha value is -2.38. The fraction of sp³-hybridized carbons (Fsp3) is 0.350. The molecule has 0 aromatic heterocycles. The average Bonchev–Trinajstić information content (AvgIpc) is 3.22. The van der Waals surface area contributed by atoms with Gasteiger partial charge in [-0.05, 0) is 56.5 Å². The van der Waals surface area contributed by atoms with Gasteiger partial charge >= 0.3 is 5.97 Å². The highest BCUT2D eigenvalue weighted by molar-refractivity contribution is 7.86. The number of rotatable bonds is 5. The summed E-state index contributed by atoms with van der Waals surface area (Å²) in [5.74, 6) is 0.253. The Labute approximate surface area is 158 Å². The first-order valence-electron chi connectivity index (χ1n) is 8.89. The largest absolute Gasteiger partial charge is 0.488 e. The maximum absolute atomic E-state index is 12.6. The van der Waals surface area contributed by atoms with Gasteiger partial charge in [0.15, 0.2) is 0 Å². The number of hydrogen-bond acceptors (Lipinski definition) is 6. The van der Waals surface area contributed by atoms with Crippen molar-refractivity contribution in [3.63, 3.8) is 0 Å². The van der Waals surface area contributed by atoms with E-state index in [1.54, 1.807) is 42.5 Å². The van der Waals surface area contributed by atoms with Crippen LogP contribution in [-0.2, 0) is 25.6 Å². The maximum atomic E-state index is 12.6. The smallest absolute Gasteiger partial charge is 0.338 e. The van der Waals surface area contributed by atoms with Gasteiger partial charge in [0.25, 0.3) is 10.1 Å². The molecule has 0 N–H and O–H groups in total. The molecule has 1 fully saturated rings. The molecule has 142 valence electrons. The average molecular weight is 388 g/mol. The summed E-state index contributed by atoms with van der Waals surface area (Å²) in [6, 6.07) is 11.7. The second-order valence-electron chi connectivity index (χ2n) is 6.88. The van der Waals surface area contributed by atoms with Crippen molar-refractivity contribution in [3.8, 4) is 5.75 Å². The van der Waals surface area contributed by atoms with Crippen LogP contribution >= 0.6 is 0 Å². The number of benzene rings is 2. The SMILES string of the molecule is Cc1ccc(S(=O)(=O)OC2CCCC2Oc2ccc3c(c2)COC3=O)cc1. The number of ether oxygens (including phenoxy) is 2. The normalized spacial score (nSPS) is 21.7. The van der Waals surface area contributed by atoms with E-state index in [9.17, 15) is 13.2 Å². The molecule has 1 aliphatic carbocycles. The minimum Gasteiger partial charge on any atom is -0.488 e. The minimum atomic E-state index is -3.85. The Morgan fingerprint density at radius 3 is 2.56 bits per heavy atom. The van der Waals surface area contributed by atoms with Crippen molar-refractivity contribution >= 4 is 16.1 Å². The monoisotopic (exact) mass is 388 g/mol. The van der Waals surface area contributed by atoms with Gasteiger partial charge in [0, 0.05) is 5.56 Å². The summed E-state index contributed by atoms with van der Waals surface area (Å²) in [6.45, 7) is 2.13. The summed E-state index contributed by atoms with van der Waals surface area (Å²) >= 11 is 0. The molecule has 6 nitrogen and oxygen atoms in total. The van der Waals surface area contributed by atoms with E-state index < -0.39 is 16.2 Å². The zero-order valence-corrected chi connectivity index (χ0v) is 15.7. The van der Waals surface area contributed by atoms with Gasteiger partial charge in [-0.15, -0.1) is 0 Å². The van der Waals surface area contributed by atoms with Gasteiger partial charge in [-0.1, -0.05) is 17.7 Å². The van der Waals surface area contributed by atoms with Crippen LogP contribution in [0.2, 0.25) is 0 Å². The lowest BCUT2D eigenvalue weighted by molar-refractivity contribution is 0.0535. The molecule has 7 heteroatoms. The van der Waals surface area contributed by atoms with Crippen LogP contribution in [-0.4, -0.2) is 26.6 Å². The van der Waals surface area contributed by atoms with Gasteiger partial charge in [0.05, 0.1) is 10.5 Å². The standard InChI is InChI=1S/C20H20O6S/c1-13-5-8-16(9-6-13)27(22,23)26-19-4-2-3-18(19)25-15-7-10-17-14(11-15)12-24-20(17)21/h5-11,18-19H,2-4,12H2,1H3. The molecule has 2 unspecified atom stereocenters. The molecule has 0 saturated heterocycles. The third-order valence-electron chi connectivity index (χ3n) is 4.89. The molecule has 0 spiro atoms. The lowest BCUT2D eigenvalue weighted by atomic mass is 10.1. The Bertz CT molecular complexity index is 964. The van der Waals surface area contributed by atoms with Crippen molar-refractivity contribution < 1.29 is 26.9 Å². The van der Waals surface area contributed by atoms with E-state index in [2.05, 4.69) is 0 Å². The Morgan fingerprint density at radius 2 is 1.78 bits per heavy atom. The molecule has 1 heterocycles. The number of carbonyl (C=O) groups is 1. The van der Waals surface area contributed by atoms with Gasteiger partial charge in [-0.3, -0.25) is 4.18 Å². The van der Waals surface area contributed by atoms with Crippen LogP contribution in [0.3, 0.4) is 0 Å².